The molecule has 5 aromatic rings. The van der Waals surface area contributed by atoms with E-state index in [2.05, 4.69) is 10.3 Å². The highest BCUT2D eigenvalue weighted by Gasteiger charge is 2.17. The third-order valence-corrected chi connectivity index (χ3v) is 6.21. The zero-order chi connectivity index (χ0) is 24.5. The van der Waals surface area contributed by atoms with Gasteiger partial charge in [0.05, 0.1) is 12.8 Å². The Morgan fingerprint density at radius 1 is 0.972 bits per heavy atom. The molecule has 0 aliphatic carbocycles. The summed E-state index contributed by atoms with van der Waals surface area (Å²) in [5, 5.41) is 9.12. The van der Waals surface area contributed by atoms with Gasteiger partial charge in [-0.2, -0.15) is 5.10 Å². The first-order chi connectivity index (χ1) is 17.7. The molecule has 0 fully saturated rings. The molecule has 0 spiro atoms. The number of aromatic nitrogens is 3. The Labute approximate surface area is 207 Å². The maximum Gasteiger partial charge on any atom is 0.254 e. The largest absolute Gasteiger partial charge is 0.497 e. The smallest absolute Gasteiger partial charge is 0.254 e. The van der Waals surface area contributed by atoms with Crippen LogP contribution in [0, 0.1) is 0 Å². The number of benzene rings is 3. The van der Waals surface area contributed by atoms with E-state index in [4.69, 9.17) is 19.3 Å². The number of rotatable bonds is 7. The van der Waals surface area contributed by atoms with Gasteiger partial charge in [0.25, 0.3) is 5.56 Å². The highest BCUT2D eigenvalue weighted by atomic mass is 16.7. The molecule has 3 aromatic carbocycles. The van der Waals surface area contributed by atoms with Crippen LogP contribution in [0.1, 0.15) is 11.1 Å². The first-order valence-corrected chi connectivity index (χ1v) is 11.6. The molecule has 0 bridgehead atoms. The molecule has 8 heteroatoms. The summed E-state index contributed by atoms with van der Waals surface area (Å²) in [4.78, 5) is 16.1. The SMILES string of the molecule is COc1ccc(-c2nn(-c3ccccc3)c3[nH]c(=O)c(CNCc4ccc5c(c4)OCO5)cc23)cc1. The number of fused-ring (bicyclic) bond motifs is 2. The van der Waals surface area contributed by atoms with Crippen LogP contribution >= 0.6 is 0 Å². The molecular formula is C28H24N4O4. The van der Waals surface area contributed by atoms with E-state index in [0.29, 0.717) is 24.3 Å². The third-order valence-electron chi connectivity index (χ3n) is 6.21. The van der Waals surface area contributed by atoms with Crippen LogP contribution < -0.4 is 25.1 Å². The number of para-hydroxylation sites is 1. The van der Waals surface area contributed by atoms with Crippen molar-refractivity contribution < 1.29 is 14.2 Å². The maximum absolute atomic E-state index is 13.1. The van der Waals surface area contributed by atoms with Gasteiger partial charge < -0.3 is 24.5 Å². The van der Waals surface area contributed by atoms with Crippen molar-refractivity contribution in [1.82, 2.24) is 20.1 Å². The average Bonchev–Trinajstić information content (AvgIpc) is 3.53. The quantitative estimate of drug-likeness (QED) is 0.359. The van der Waals surface area contributed by atoms with E-state index in [9.17, 15) is 4.79 Å². The van der Waals surface area contributed by atoms with Crippen LogP contribution in [0.2, 0.25) is 0 Å². The van der Waals surface area contributed by atoms with Gasteiger partial charge in [-0.25, -0.2) is 4.68 Å². The minimum absolute atomic E-state index is 0.154. The highest BCUT2D eigenvalue weighted by molar-refractivity contribution is 5.92. The highest BCUT2D eigenvalue weighted by Crippen LogP contribution is 2.33. The van der Waals surface area contributed by atoms with Crippen molar-refractivity contribution in [2.75, 3.05) is 13.9 Å². The molecule has 0 atom stereocenters. The number of nitrogens with zero attached hydrogens (tertiary/aromatic N) is 2. The molecule has 0 saturated carbocycles. The second-order valence-corrected chi connectivity index (χ2v) is 8.50. The second kappa shape index (κ2) is 9.24. The fraction of sp³-hybridized carbons (Fsp3) is 0.143. The predicted octanol–water partition coefficient (Wildman–Crippen LogP) is 4.41. The Kier molecular flexibility index (Phi) is 5.63. The van der Waals surface area contributed by atoms with Gasteiger partial charge in [-0.15, -0.1) is 0 Å². The van der Waals surface area contributed by atoms with Crippen LogP contribution in [0.25, 0.3) is 28.0 Å². The zero-order valence-corrected chi connectivity index (χ0v) is 19.7. The fourth-order valence-electron chi connectivity index (χ4n) is 4.36. The molecule has 36 heavy (non-hydrogen) atoms. The summed E-state index contributed by atoms with van der Waals surface area (Å²) in [6, 6.07) is 25.3. The number of nitrogens with one attached hydrogen (secondary N) is 2. The fourth-order valence-corrected chi connectivity index (χ4v) is 4.36. The normalized spacial score (nSPS) is 12.2. The number of H-pyrrole nitrogens is 1. The van der Waals surface area contributed by atoms with Crippen molar-refractivity contribution in [3.8, 4) is 34.2 Å². The summed E-state index contributed by atoms with van der Waals surface area (Å²) < 4.78 is 17.9. The van der Waals surface area contributed by atoms with Crippen molar-refractivity contribution in [1.29, 1.82) is 0 Å². The van der Waals surface area contributed by atoms with Crippen LogP contribution in [0.4, 0.5) is 0 Å². The minimum Gasteiger partial charge on any atom is -0.497 e. The van der Waals surface area contributed by atoms with Crippen LogP contribution in [0.15, 0.2) is 83.7 Å². The molecule has 0 radical (unpaired) electrons. The molecule has 8 nitrogen and oxygen atoms in total. The maximum atomic E-state index is 13.1. The molecule has 1 aliphatic heterocycles. The molecule has 6 rings (SSSR count). The number of hydrogen-bond donors (Lipinski definition) is 2. The van der Waals surface area contributed by atoms with Crippen molar-refractivity contribution in [3.05, 3.63) is 100 Å². The lowest BCUT2D eigenvalue weighted by Crippen LogP contribution is -2.21. The van der Waals surface area contributed by atoms with E-state index in [1.54, 1.807) is 11.8 Å². The Morgan fingerprint density at radius 3 is 2.58 bits per heavy atom. The van der Waals surface area contributed by atoms with Crippen LogP contribution in [0.5, 0.6) is 17.2 Å². The van der Waals surface area contributed by atoms with E-state index < -0.39 is 0 Å². The Morgan fingerprint density at radius 2 is 1.78 bits per heavy atom. The monoisotopic (exact) mass is 480 g/mol. The van der Waals surface area contributed by atoms with Crippen LogP contribution in [0.3, 0.4) is 0 Å². The molecule has 2 aromatic heterocycles. The summed E-state index contributed by atoms with van der Waals surface area (Å²) in [5.74, 6) is 2.26. The number of methoxy groups -OCH3 is 1. The lowest BCUT2D eigenvalue weighted by Gasteiger charge is -2.07. The first kappa shape index (κ1) is 21.9. The predicted molar refractivity (Wildman–Crippen MR) is 137 cm³/mol. The van der Waals surface area contributed by atoms with Gasteiger partial charge in [0, 0.05) is 29.6 Å². The molecule has 0 amide bonds. The van der Waals surface area contributed by atoms with Gasteiger partial charge in [0.15, 0.2) is 11.5 Å². The summed E-state index contributed by atoms with van der Waals surface area (Å²) in [6.45, 7) is 1.23. The minimum atomic E-state index is -0.154. The number of pyridine rings is 1. The third kappa shape index (κ3) is 4.08. The second-order valence-electron chi connectivity index (χ2n) is 8.50. The van der Waals surface area contributed by atoms with E-state index in [1.807, 2.05) is 78.9 Å². The summed E-state index contributed by atoms with van der Waals surface area (Å²) >= 11 is 0. The van der Waals surface area contributed by atoms with E-state index in [1.165, 1.54) is 0 Å². The molecule has 2 N–H and O–H groups in total. The van der Waals surface area contributed by atoms with Gasteiger partial charge in [-0.1, -0.05) is 24.3 Å². The first-order valence-electron chi connectivity index (χ1n) is 11.6. The van der Waals surface area contributed by atoms with Crippen molar-refractivity contribution in [2.24, 2.45) is 0 Å². The Hall–Kier alpha value is -4.56. The average molecular weight is 481 g/mol. The van der Waals surface area contributed by atoms with E-state index in [-0.39, 0.29) is 12.4 Å². The molecule has 0 saturated heterocycles. The molecular weight excluding hydrogens is 456 g/mol. The zero-order valence-electron chi connectivity index (χ0n) is 19.7. The van der Waals surface area contributed by atoms with E-state index in [0.717, 1.165) is 45.1 Å². The van der Waals surface area contributed by atoms with E-state index >= 15 is 0 Å². The van der Waals surface area contributed by atoms with Gasteiger partial charge >= 0.3 is 0 Å². The van der Waals surface area contributed by atoms with Gasteiger partial charge in [0.1, 0.15) is 17.1 Å². The number of hydrogen-bond acceptors (Lipinski definition) is 6. The summed E-state index contributed by atoms with van der Waals surface area (Å²) in [7, 11) is 1.64. The number of aromatic amines is 1. The Balaban J connectivity index is 1.35. The lowest BCUT2D eigenvalue weighted by atomic mass is 10.1. The van der Waals surface area contributed by atoms with Crippen LogP contribution in [-0.2, 0) is 13.1 Å². The lowest BCUT2D eigenvalue weighted by molar-refractivity contribution is 0.174. The number of ether oxygens (including phenoxy) is 3. The summed E-state index contributed by atoms with van der Waals surface area (Å²) in [5.41, 5.74) is 4.76. The standard InChI is InChI=1S/C28H24N4O4/c1-34-22-10-8-19(9-11-22)26-23-14-20(16-29-15-18-7-12-24-25(13-18)36-17-35-24)28(33)30-27(23)32(31-26)21-5-3-2-4-6-21/h2-14,29H,15-17H2,1H3,(H,30,33). The van der Waals surface area contributed by atoms with Crippen LogP contribution in [-0.4, -0.2) is 28.7 Å². The van der Waals surface area contributed by atoms with Crippen molar-refractivity contribution >= 4 is 11.0 Å². The molecule has 1 aliphatic rings. The summed E-state index contributed by atoms with van der Waals surface area (Å²) in [6.07, 6.45) is 0. The topological polar surface area (TPSA) is 90.4 Å². The van der Waals surface area contributed by atoms with Crippen molar-refractivity contribution in [2.45, 2.75) is 13.1 Å². The molecule has 180 valence electrons. The Bertz CT molecular complexity index is 1590. The van der Waals surface area contributed by atoms with Crippen molar-refractivity contribution in [3.63, 3.8) is 0 Å². The molecule has 0 unspecified atom stereocenters. The molecule has 3 heterocycles. The van der Waals surface area contributed by atoms with Gasteiger partial charge in [-0.05, 0) is 60.2 Å². The van der Waals surface area contributed by atoms with Gasteiger partial charge in [0.2, 0.25) is 6.79 Å². The van der Waals surface area contributed by atoms with Gasteiger partial charge in [-0.3, -0.25) is 4.79 Å².